The molecule has 112 valence electrons. The number of nitrogens with zero attached hydrogens (tertiary/aromatic N) is 4. The van der Waals surface area contributed by atoms with Crippen LogP contribution < -0.4 is 4.74 Å². The van der Waals surface area contributed by atoms with Crippen molar-refractivity contribution in [3.63, 3.8) is 0 Å². The van der Waals surface area contributed by atoms with E-state index in [1.807, 2.05) is 22.9 Å². The highest BCUT2D eigenvalue weighted by atomic mass is 35.5. The van der Waals surface area contributed by atoms with Crippen molar-refractivity contribution in [1.82, 2.24) is 20.2 Å². The van der Waals surface area contributed by atoms with Gasteiger partial charge in [-0.1, -0.05) is 36.2 Å². The maximum Gasteiger partial charge on any atom is 0.209 e. The third-order valence-corrected chi connectivity index (χ3v) is 4.95. The first-order valence-electron chi connectivity index (χ1n) is 7.01. The fourth-order valence-corrected chi connectivity index (χ4v) is 3.78. The van der Waals surface area contributed by atoms with E-state index in [0.717, 1.165) is 22.2 Å². The van der Waals surface area contributed by atoms with Crippen LogP contribution in [0.5, 0.6) is 5.75 Å². The Balaban J connectivity index is 1.73. The normalized spacial score (nSPS) is 15.5. The van der Waals surface area contributed by atoms with Crippen molar-refractivity contribution >= 4 is 23.4 Å². The van der Waals surface area contributed by atoms with Gasteiger partial charge in [0.25, 0.3) is 0 Å². The predicted octanol–water partition coefficient (Wildman–Crippen LogP) is 3.74. The molecule has 1 aromatic heterocycles. The van der Waals surface area contributed by atoms with Crippen molar-refractivity contribution < 1.29 is 4.74 Å². The number of thioether (sulfide) groups is 1. The van der Waals surface area contributed by atoms with Crippen LogP contribution in [0.3, 0.4) is 0 Å². The van der Waals surface area contributed by atoms with Crippen LogP contribution in [0.1, 0.15) is 37.3 Å². The summed E-state index contributed by atoms with van der Waals surface area (Å²) in [5.41, 5.74) is 1.05. The van der Waals surface area contributed by atoms with E-state index in [1.165, 1.54) is 25.7 Å². The summed E-state index contributed by atoms with van der Waals surface area (Å²) in [5, 5.41) is 13.7. The molecule has 1 aromatic carbocycles. The van der Waals surface area contributed by atoms with Crippen LogP contribution in [0.15, 0.2) is 23.4 Å². The molecule has 1 fully saturated rings. The van der Waals surface area contributed by atoms with Crippen LogP contribution in [0.4, 0.5) is 0 Å². The van der Waals surface area contributed by atoms with E-state index in [9.17, 15) is 0 Å². The molecule has 0 aliphatic heterocycles. The molecule has 7 heteroatoms. The molecule has 0 radical (unpaired) electrons. The maximum absolute atomic E-state index is 6.06. The monoisotopic (exact) mass is 324 g/mol. The minimum Gasteiger partial charge on any atom is -0.496 e. The molecular weight excluding hydrogens is 308 g/mol. The zero-order chi connectivity index (χ0) is 14.7. The second-order valence-electron chi connectivity index (χ2n) is 5.09. The molecule has 1 aliphatic rings. The van der Waals surface area contributed by atoms with Crippen LogP contribution in [-0.2, 0) is 5.75 Å². The lowest BCUT2D eigenvalue weighted by Gasteiger charge is -2.12. The molecule has 0 amide bonds. The average Bonchev–Trinajstić information content (AvgIpc) is 3.16. The van der Waals surface area contributed by atoms with E-state index >= 15 is 0 Å². The second kappa shape index (κ2) is 6.66. The number of ether oxygens (including phenoxy) is 1. The molecule has 0 saturated heterocycles. The molecule has 5 nitrogen and oxygen atoms in total. The standard InChI is InChI=1S/C14H17ClN4OS/c1-20-13-7-6-11(15)8-10(13)9-21-14-16-17-18-19(14)12-4-2-3-5-12/h6-8,12H,2-5,9H2,1H3. The molecule has 1 heterocycles. The number of halogens is 1. The molecule has 0 N–H and O–H groups in total. The summed E-state index contributed by atoms with van der Waals surface area (Å²) in [6.07, 6.45) is 4.85. The Labute approximate surface area is 133 Å². The number of rotatable bonds is 5. The van der Waals surface area contributed by atoms with Crippen molar-refractivity contribution in [2.75, 3.05) is 7.11 Å². The SMILES string of the molecule is COc1ccc(Cl)cc1CSc1nnnn1C1CCCC1. The fourth-order valence-electron chi connectivity index (χ4n) is 2.66. The van der Waals surface area contributed by atoms with Gasteiger partial charge in [0.15, 0.2) is 0 Å². The Bertz CT molecular complexity index is 613. The molecule has 2 aromatic rings. The first kappa shape index (κ1) is 14.7. The Morgan fingerprint density at radius 1 is 1.38 bits per heavy atom. The van der Waals surface area contributed by atoms with Gasteiger partial charge in [-0.2, -0.15) is 0 Å². The van der Waals surface area contributed by atoms with Crippen LogP contribution in [0.25, 0.3) is 0 Å². The predicted molar refractivity (Wildman–Crippen MR) is 82.9 cm³/mol. The second-order valence-corrected chi connectivity index (χ2v) is 6.47. The first-order valence-corrected chi connectivity index (χ1v) is 8.37. The van der Waals surface area contributed by atoms with Crippen LogP contribution in [0.2, 0.25) is 5.02 Å². The van der Waals surface area contributed by atoms with Gasteiger partial charge in [-0.05, 0) is 41.5 Å². The molecule has 0 spiro atoms. The fraction of sp³-hybridized carbons (Fsp3) is 0.500. The van der Waals surface area contributed by atoms with Gasteiger partial charge in [0.1, 0.15) is 5.75 Å². The van der Waals surface area contributed by atoms with Crippen LogP contribution >= 0.6 is 23.4 Å². The van der Waals surface area contributed by atoms with Gasteiger partial charge in [-0.3, -0.25) is 0 Å². The molecule has 0 atom stereocenters. The van der Waals surface area contributed by atoms with E-state index in [1.54, 1.807) is 18.9 Å². The Morgan fingerprint density at radius 2 is 2.19 bits per heavy atom. The van der Waals surface area contributed by atoms with Gasteiger partial charge in [0, 0.05) is 16.3 Å². The molecule has 3 rings (SSSR count). The number of hydrogen-bond donors (Lipinski definition) is 0. The zero-order valence-corrected chi connectivity index (χ0v) is 13.4. The molecular formula is C14H17ClN4OS. The topological polar surface area (TPSA) is 52.8 Å². The van der Waals surface area contributed by atoms with E-state index in [2.05, 4.69) is 15.5 Å². The minimum atomic E-state index is 0.448. The highest BCUT2D eigenvalue weighted by Gasteiger charge is 2.21. The highest BCUT2D eigenvalue weighted by Crippen LogP contribution is 2.33. The van der Waals surface area contributed by atoms with Gasteiger partial charge in [0.2, 0.25) is 5.16 Å². The number of aromatic nitrogens is 4. The van der Waals surface area contributed by atoms with Gasteiger partial charge in [-0.25, -0.2) is 4.68 Å². The van der Waals surface area contributed by atoms with Crippen molar-refractivity contribution in [1.29, 1.82) is 0 Å². The Hall–Kier alpha value is -1.27. The quantitative estimate of drug-likeness (QED) is 0.784. The Kier molecular flexibility index (Phi) is 4.65. The molecule has 0 unspecified atom stereocenters. The number of benzene rings is 1. The molecule has 1 aliphatic carbocycles. The summed E-state index contributed by atoms with van der Waals surface area (Å²) < 4.78 is 7.34. The summed E-state index contributed by atoms with van der Waals surface area (Å²) >= 11 is 7.68. The summed E-state index contributed by atoms with van der Waals surface area (Å²) in [4.78, 5) is 0. The lowest BCUT2D eigenvalue weighted by molar-refractivity contribution is 0.411. The summed E-state index contributed by atoms with van der Waals surface area (Å²) in [6, 6.07) is 6.09. The van der Waals surface area contributed by atoms with Crippen LogP contribution in [0, 0.1) is 0 Å². The van der Waals surface area contributed by atoms with E-state index in [0.29, 0.717) is 11.1 Å². The van der Waals surface area contributed by atoms with E-state index < -0.39 is 0 Å². The van der Waals surface area contributed by atoms with Gasteiger partial charge in [-0.15, -0.1) is 5.10 Å². The maximum atomic E-state index is 6.06. The summed E-state index contributed by atoms with van der Waals surface area (Å²) in [6.45, 7) is 0. The molecule has 0 bridgehead atoms. The van der Waals surface area contributed by atoms with Gasteiger partial charge in [0.05, 0.1) is 13.2 Å². The number of hydrogen-bond acceptors (Lipinski definition) is 5. The molecule has 21 heavy (non-hydrogen) atoms. The largest absolute Gasteiger partial charge is 0.496 e. The van der Waals surface area contributed by atoms with Crippen molar-refractivity contribution in [3.05, 3.63) is 28.8 Å². The van der Waals surface area contributed by atoms with Crippen molar-refractivity contribution in [2.24, 2.45) is 0 Å². The van der Waals surface area contributed by atoms with Gasteiger partial charge >= 0.3 is 0 Å². The van der Waals surface area contributed by atoms with Crippen molar-refractivity contribution in [3.8, 4) is 5.75 Å². The average molecular weight is 325 g/mol. The number of tetrazole rings is 1. The third-order valence-electron chi connectivity index (χ3n) is 3.73. The third kappa shape index (κ3) is 3.32. The lowest BCUT2D eigenvalue weighted by atomic mass is 10.2. The van der Waals surface area contributed by atoms with E-state index in [4.69, 9.17) is 16.3 Å². The van der Waals surface area contributed by atoms with E-state index in [-0.39, 0.29) is 0 Å². The van der Waals surface area contributed by atoms with Gasteiger partial charge < -0.3 is 4.74 Å². The number of methoxy groups -OCH3 is 1. The molecule has 1 saturated carbocycles. The minimum absolute atomic E-state index is 0.448. The van der Waals surface area contributed by atoms with Crippen molar-refractivity contribution in [2.45, 2.75) is 42.6 Å². The first-order chi connectivity index (χ1) is 10.3. The lowest BCUT2D eigenvalue weighted by Crippen LogP contribution is -2.08. The summed E-state index contributed by atoms with van der Waals surface area (Å²) in [5.74, 6) is 1.57. The zero-order valence-electron chi connectivity index (χ0n) is 11.8. The van der Waals surface area contributed by atoms with Crippen LogP contribution in [-0.4, -0.2) is 27.3 Å². The summed E-state index contributed by atoms with van der Waals surface area (Å²) in [7, 11) is 1.67. The Morgan fingerprint density at radius 3 is 2.95 bits per heavy atom. The smallest absolute Gasteiger partial charge is 0.209 e. The highest BCUT2D eigenvalue weighted by molar-refractivity contribution is 7.98.